The molecule has 0 heterocycles. The third-order valence-corrected chi connectivity index (χ3v) is 2.99. The van der Waals surface area contributed by atoms with Crippen molar-refractivity contribution in [3.05, 3.63) is 64.2 Å². The van der Waals surface area contributed by atoms with E-state index < -0.39 is 0 Å². The molecule has 2 aliphatic carbocycles. The van der Waals surface area contributed by atoms with Crippen LogP contribution in [0.15, 0.2) is 74.5 Å². The van der Waals surface area contributed by atoms with Crippen LogP contribution in [0.1, 0.15) is 0 Å². The minimum absolute atomic E-state index is 0.460. The minimum Gasteiger partial charge on any atom is -0.496 e. The molecule has 22 heavy (non-hydrogen) atoms. The fourth-order valence-electron chi connectivity index (χ4n) is 2.04. The molecule has 0 spiro atoms. The molecule has 0 saturated heterocycles. The van der Waals surface area contributed by atoms with Gasteiger partial charge in [-0.15, -0.1) is 5.10 Å². The molecular weight excluding hydrogens is 284 g/mol. The van der Waals surface area contributed by atoms with Crippen LogP contribution < -0.4 is 0 Å². The number of hydrogen-bond acceptors (Lipinski definition) is 6. The second-order valence-corrected chi connectivity index (χ2v) is 4.16. The zero-order valence-corrected chi connectivity index (χ0v) is 12.0. The fraction of sp³-hybridized carbons (Fsp3) is 0.143. The van der Waals surface area contributed by atoms with E-state index in [2.05, 4.69) is 20.5 Å². The van der Waals surface area contributed by atoms with Gasteiger partial charge < -0.3 is 9.47 Å². The second-order valence-electron chi connectivity index (χ2n) is 4.16. The first-order chi connectivity index (χ1) is 10.7. The number of methoxy groups -OCH3 is 2. The molecule has 0 bridgehead atoms. The summed E-state index contributed by atoms with van der Waals surface area (Å²) in [5.74, 6) is 1.12. The van der Waals surface area contributed by atoms with Crippen LogP contribution in [-0.2, 0) is 9.47 Å². The number of hydrogen-bond donors (Lipinski definition) is 1. The van der Waals surface area contributed by atoms with Gasteiger partial charge in [0.15, 0.2) is 10.8 Å². The Morgan fingerprint density at radius 1 is 0.955 bits per heavy atom. The molecule has 110 valence electrons. The highest BCUT2D eigenvalue weighted by Crippen LogP contribution is 2.29. The lowest BCUT2D eigenvalue weighted by Crippen LogP contribution is -2.09. The van der Waals surface area contributed by atoms with E-state index in [1.165, 1.54) is 7.11 Å². The standard InChI is InChI=1S/C14H13N6O2/c1-21-13-7-9(17-19-15)3-5-11(13)12-6-4-10(18-20-16)8-14(12)22-2/h3-8,15H,1-2H3/q+1. The van der Waals surface area contributed by atoms with Crippen molar-refractivity contribution in [1.82, 2.24) is 0 Å². The molecule has 0 saturated carbocycles. The number of diazo groups is 1. The summed E-state index contributed by atoms with van der Waals surface area (Å²) in [7, 11) is 3.08. The molecule has 8 heteroatoms. The van der Waals surface area contributed by atoms with Crippen molar-refractivity contribution in [1.29, 1.82) is 10.9 Å². The summed E-state index contributed by atoms with van der Waals surface area (Å²) < 4.78 is 10.7. The van der Waals surface area contributed by atoms with Gasteiger partial charge in [-0.1, -0.05) is 5.22 Å². The lowest BCUT2D eigenvalue weighted by atomic mass is 9.95. The summed E-state index contributed by atoms with van der Waals surface area (Å²) in [6, 6.07) is 0. The summed E-state index contributed by atoms with van der Waals surface area (Å²) in [4.78, 5) is 0. The molecule has 0 aromatic rings. The van der Waals surface area contributed by atoms with Gasteiger partial charge in [-0.25, -0.2) is 0 Å². The van der Waals surface area contributed by atoms with Crippen molar-refractivity contribution in [2.75, 3.05) is 14.2 Å². The van der Waals surface area contributed by atoms with Crippen molar-refractivity contribution in [2.24, 2.45) is 15.4 Å². The molecule has 0 aliphatic heterocycles. The van der Waals surface area contributed by atoms with E-state index in [4.69, 9.17) is 20.4 Å². The molecule has 0 aromatic heterocycles. The van der Waals surface area contributed by atoms with E-state index in [1.54, 1.807) is 43.6 Å². The average Bonchev–Trinajstić information content (AvgIpc) is 2.55. The summed E-state index contributed by atoms with van der Waals surface area (Å²) in [6.45, 7) is 0. The van der Waals surface area contributed by atoms with Gasteiger partial charge in [-0.3, -0.25) is 0 Å². The lowest BCUT2D eigenvalue weighted by Gasteiger charge is -2.18. The molecule has 8 nitrogen and oxygen atoms in total. The van der Waals surface area contributed by atoms with Gasteiger partial charge >= 0.3 is 5.08 Å². The van der Waals surface area contributed by atoms with Crippen LogP contribution >= 0.6 is 0 Å². The predicted octanol–water partition coefficient (Wildman–Crippen LogP) is 3.08. The normalized spacial score (nSPS) is 23.9. The Hall–Kier alpha value is -3.34. The Balaban J connectivity index is 2.51. The average molecular weight is 297 g/mol. The number of nitrogens with zero attached hydrogens (tertiary/aromatic N) is 5. The second kappa shape index (κ2) is 6.90. The van der Waals surface area contributed by atoms with Crippen LogP contribution in [0.2, 0.25) is 0 Å². The topological polar surface area (TPSA) is 108 Å². The maximum Gasteiger partial charge on any atom is 0.339 e. The molecule has 0 fully saturated rings. The molecule has 2 aliphatic rings. The van der Waals surface area contributed by atoms with Crippen molar-refractivity contribution in [2.45, 2.75) is 0 Å². The third-order valence-electron chi connectivity index (χ3n) is 2.99. The van der Waals surface area contributed by atoms with Gasteiger partial charge in [-0.05, 0) is 24.3 Å². The van der Waals surface area contributed by atoms with Crippen LogP contribution in [0.5, 0.6) is 0 Å². The molecule has 0 amide bonds. The Kier molecular flexibility index (Phi) is 4.72. The van der Waals surface area contributed by atoms with Crippen molar-refractivity contribution < 1.29 is 9.47 Å². The van der Waals surface area contributed by atoms with Crippen LogP contribution in [0.3, 0.4) is 0 Å². The third kappa shape index (κ3) is 3.04. The molecule has 0 radical (unpaired) electrons. The monoisotopic (exact) mass is 297 g/mol. The largest absolute Gasteiger partial charge is 0.496 e. The maximum absolute atomic E-state index is 8.50. The number of allylic oxidation sites excluding steroid dienone is 6. The maximum atomic E-state index is 8.50. The van der Waals surface area contributed by atoms with Crippen molar-refractivity contribution >= 4 is 11.4 Å². The van der Waals surface area contributed by atoms with E-state index in [0.29, 0.717) is 22.9 Å². The Bertz CT molecular complexity index is 744. The SMILES string of the molecule is COC1=CC(=NN=N)C=CC1=C1C=CC(=N[N+]#N)C=C1OC. The first kappa shape index (κ1) is 15.1. The summed E-state index contributed by atoms with van der Waals surface area (Å²) in [5.41, 5.74) is 9.31. The fourth-order valence-corrected chi connectivity index (χ4v) is 2.04. The van der Waals surface area contributed by atoms with Crippen molar-refractivity contribution in [3.8, 4) is 0 Å². The van der Waals surface area contributed by atoms with E-state index in [9.17, 15) is 0 Å². The molecular formula is C14H13N6O2+. The molecule has 0 aromatic carbocycles. The quantitative estimate of drug-likeness (QED) is 0.491. The summed E-state index contributed by atoms with van der Waals surface area (Å²) >= 11 is 0. The van der Waals surface area contributed by atoms with Crippen LogP contribution in [-0.4, -0.2) is 25.6 Å². The smallest absolute Gasteiger partial charge is 0.339 e. The van der Waals surface area contributed by atoms with Gasteiger partial charge in [0.1, 0.15) is 11.5 Å². The minimum atomic E-state index is 0.460. The summed E-state index contributed by atoms with van der Waals surface area (Å²) in [6.07, 6.45) is 10.3. The molecule has 2 rings (SSSR count). The van der Waals surface area contributed by atoms with Crippen LogP contribution in [0, 0.1) is 10.9 Å². The number of ether oxygens (including phenoxy) is 2. The van der Waals surface area contributed by atoms with E-state index in [0.717, 1.165) is 11.1 Å². The first-order valence-electron chi connectivity index (χ1n) is 6.22. The number of rotatable bonds is 3. The predicted molar refractivity (Wildman–Crippen MR) is 80.6 cm³/mol. The first-order valence-corrected chi connectivity index (χ1v) is 6.22. The van der Waals surface area contributed by atoms with Crippen molar-refractivity contribution in [3.63, 3.8) is 0 Å². The Labute approximate surface area is 126 Å². The van der Waals surface area contributed by atoms with Gasteiger partial charge in [0, 0.05) is 23.3 Å². The van der Waals surface area contributed by atoms with Gasteiger partial charge in [0.2, 0.25) is 0 Å². The number of nitrogens with one attached hydrogen (secondary N) is 1. The highest BCUT2D eigenvalue weighted by Gasteiger charge is 2.20. The highest BCUT2D eigenvalue weighted by atomic mass is 16.5. The Morgan fingerprint density at radius 2 is 1.50 bits per heavy atom. The van der Waals surface area contributed by atoms with Crippen LogP contribution in [0.4, 0.5) is 0 Å². The molecule has 0 unspecified atom stereocenters. The van der Waals surface area contributed by atoms with E-state index in [-0.39, 0.29) is 0 Å². The Morgan fingerprint density at radius 3 is 2.00 bits per heavy atom. The van der Waals surface area contributed by atoms with E-state index in [1.807, 2.05) is 0 Å². The highest BCUT2D eigenvalue weighted by molar-refractivity contribution is 6.08. The van der Waals surface area contributed by atoms with E-state index >= 15 is 0 Å². The van der Waals surface area contributed by atoms with Gasteiger partial charge in [-0.2, -0.15) is 5.53 Å². The summed E-state index contributed by atoms with van der Waals surface area (Å²) in [5, 5.41) is 21.5. The van der Waals surface area contributed by atoms with Gasteiger partial charge in [0.25, 0.3) is 5.39 Å². The molecule has 0 atom stereocenters. The zero-order chi connectivity index (χ0) is 15.9. The zero-order valence-electron chi connectivity index (χ0n) is 12.0. The van der Waals surface area contributed by atoms with Crippen LogP contribution in [0.25, 0.3) is 5.08 Å². The molecule has 1 N–H and O–H groups in total. The lowest BCUT2D eigenvalue weighted by molar-refractivity contribution is 0.293. The van der Waals surface area contributed by atoms with Gasteiger partial charge in [0.05, 0.1) is 19.9 Å².